The average molecular weight is 222 g/mol. The van der Waals surface area contributed by atoms with Gasteiger partial charge < -0.3 is 0 Å². The second-order valence-electron chi connectivity index (χ2n) is 5.92. The van der Waals surface area contributed by atoms with Gasteiger partial charge >= 0.3 is 0 Å². The molecule has 3 rings (SSSR count). The molecule has 3 nitrogen and oxygen atoms in total. The molecule has 3 heteroatoms. The van der Waals surface area contributed by atoms with Crippen molar-refractivity contribution in [3.05, 3.63) is 4.91 Å². The van der Waals surface area contributed by atoms with Gasteiger partial charge in [-0.25, -0.2) is 0 Å². The maximum absolute atomic E-state index is 11.1. The Balaban J connectivity index is 1.81. The molecule has 3 fully saturated rings. The molecule has 0 bridgehead atoms. The lowest BCUT2D eigenvalue weighted by molar-refractivity contribution is -0.0386. The van der Waals surface area contributed by atoms with Crippen LogP contribution in [0.1, 0.15) is 57.8 Å². The summed E-state index contributed by atoms with van der Waals surface area (Å²) in [4.78, 5) is 11.1. The molecule has 1 aliphatic heterocycles. The summed E-state index contributed by atoms with van der Waals surface area (Å²) < 4.78 is 0. The van der Waals surface area contributed by atoms with Crippen LogP contribution < -0.4 is 0 Å². The molecule has 0 spiro atoms. The van der Waals surface area contributed by atoms with E-state index < -0.39 is 0 Å². The van der Waals surface area contributed by atoms with Gasteiger partial charge in [-0.05, 0) is 43.9 Å². The van der Waals surface area contributed by atoms with Gasteiger partial charge in [0.15, 0.2) is 0 Å². The minimum Gasteiger partial charge on any atom is -0.254 e. The normalized spacial score (nSPS) is 43.4. The fourth-order valence-corrected chi connectivity index (χ4v) is 4.38. The van der Waals surface area contributed by atoms with E-state index >= 15 is 0 Å². The third-order valence-electron chi connectivity index (χ3n) is 5.12. The molecule has 90 valence electrons. The highest BCUT2D eigenvalue weighted by molar-refractivity contribution is 4.96. The van der Waals surface area contributed by atoms with Crippen molar-refractivity contribution in [3.8, 4) is 0 Å². The van der Waals surface area contributed by atoms with Crippen molar-refractivity contribution in [1.82, 2.24) is 5.01 Å². The summed E-state index contributed by atoms with van der Waals surface area (Å²) in [5, 5.41) is 5.38. The number of rotatable bonds is 1. The zero-order valence-corrected chi connectivity index (χ0v) is 9.98. The summed E-state index contributed by atoms with van der Waals surface area (Å²) in [5.74, 6) is 1.54. The van der Waals surface area contributed by atoms with Gasteiger partial charge in [-0.15, -0.1) is 4.91 Å². The number of hydrogen-bond acceptors (Lipinski definition) is 2. The molecule has 0 radical (unpaired) electrons. The molecule has 3 aliphatic rings. The number of nitroso groups, excluding NO2 is 1. The highest BCUT2D eigenvalue weighted by atomic mass is 16.3. The highest BCUT2D eigenvalue weighted by Crippen LogP contribution is 2.45. The number of hydrogen-bond donors (Lipinski definition) is 0. The van der Waals surface area contributed by atoms with E-state index in [9.17, 15) is 4.91 Å². The average Bonchev–Trinajstić information content (AvgIpc) is 2.36. The Morgan fingerprint density at radius 1 is 0.812 bits per heavy atom. The second-order valence-corrected chi connectivity index (χ2v) is 5.92. The summed E-state index contributed by atoms with van der Waals surface area (Å²) in [6, 6.07) is 0.983. The van der Waals surface area contributed by atoms with Crippen LogP contribution in [-0.4, -0.2) is 17.1 Å². The first-order valence-corrected chi connectivity index (χ1v) is 7.02. The van der Waals surface area contributed by atoms with E-state index in [2.05, 4.69) is 5.29 Å². The fourth-order valence-electron chi connectivity index (χ4n) is 4.38. The van der Waals surface area contributed by atoms with Crippen LogP contribution >= 0.6 is 0 Å². The lowest BCUT2D eigenvalue weighted by Gasteiger charge is -2.50. The summed E-state index contributed by atoms with van der Waals surface area (Å²) in [5.41, 5.74) is 0. The fraction of sp³-hybridized carbons (Fsp3) is 1.00. The van der Waals surface area contributed by atoms with Crippen LogP contribution in [0.3, 0.4) is 0 Å². The van der Waals surface area contributed by atoms with Crippen molar-refractivity contribution >= 4 is 0 Å². The molecule has 1 heterocycles. The zero-order valence-electron chi connectivity index (χ0n) is 9.98. The lowest BCUT2D eigenvalue weighted by atomic mass is 9.69. The van der Waals surface area contributed by atoms with Gasteiger partial charge in [0, 0.05) is 0 Å². The highest BCUT2D eigenvalue weighted by Gasteiger charge is 2.44. The quantitative estimate of drug-likeness (QED) is 0.636. The molecule has 0 aromatic rings. The minimum atomic E-state index is 0.491. The van der Waals surface area contributed by atoms with Crippen LogP contribution in [0.15, 0.2) is 5.29 Å². The van der Waals surface area contributed by atoms with Crippen molar-refractivity contribution in [2.24, 2.45) is 17.1 Å². The zero-order chi connectivity index (χ0) is 11.0. The number of piperidine rings is 1. The van der Waals surface area contributed by atoms with Gasteiger partial charge in [0.1, 0.15) is 0 Å². The first-order valence-electron chi connectivity index (χ1n) is 7.02. The predicted molar refractivity (Wildman–Crippen MR) is 63.7 cm³/mol. The molecule has 1 saturated heterocycles. The first kappa shape index (κ1) is 10.5. The largest absolute Gasteiger partial charge is 0.254 e. The topological polar surface area (TPSA) is 32.7 Å². The monoisotopic (exact) mass is 222 g/mol. The van der Waals surface area contributed by atoms with Gasteiger partial charge in [0.2, 0.25) is 0 Å². The summed E-state index contributed by atoms with van der Waals surface area (Å²) in [7, 11) is 0. The van der Waals surface area contributed by atoms with E-state index in [1.54, 1.807) is 0 Å². The van der Waals surface area contributed by atoms with Gasteiger partial charge in [0.05, 0.1) is 17.4 Å². The summed E-state index contributed by atoms with van der Waals surface area (Å²) in [6.45, 7) is 0. The van der Waals surface area contributed by atoms with Gasteiger partial charge in [-0.2, -0.15) is 0 Å². The molecule has 0 unspecified atom stereocenters. The maximum Gasteiger partial charge on any atom is 0.0534 e. The molecule has 0 aromatic carbocycles. The predicted octanol–water partition coefficient (Wildman–Crippen LogP) is 3.49. The molecule has 2 saturated carbocycles. The van der Waals surface area contributed by atoms with Crippen molar-refractivity contribution in [2.45, 2.75) is 69.9 Å². The van der Waals surface area contributed by atoms with E-state index in [1.807, 2.05) is 5.01 Å². The smallest absolute Gasteiger partial charge is 0.0534 e. The molecule has 0 N–H and O–H groups in total. The van der Waals surface area contributed by atoms with E-state index in [4.69, 9.17) is 0 Å². The Hall–Kier alpha value is -0.600. The molecule has 4 atom stereocenters. The van der Waals surface area contributed by atoms with Crippen molar-refractivity contribution in [1.29, 1.82) is 0 Å². The van der Waals surface area contributed by atoms with Crippen LogP contribution in [0, 0.1) is 16.7 Å². The molecule has 16 heavy (non-hydrogen) atoms. The first-order chi connectivity index (χ1) is 7.90. The van der Waals surface area contributed by atoms with Gasteiger partial charge in [-0.1, -0.05) is 25.7 Å². The van der Waals surface area contributed by atoms with E-state index in [-0.39, 0.29) is 0 Å². The van der Waals surface area contributed by atoms with Crippen LogP contribution in [0.4, 0.5) is 0 Å². The molecule has 2 aliphatic carbocycles. The van der Waals surface area contributed by atoms with Crippen LogP contribution in [0.25, 0.3) is 0 Å². The van der Waals surface area contributed by atoms with Crippen LogP contribution in [0.2, 0.25) is 0 Å². The van der Waals surface area contributed by atoms with E-state index in [1.165, 1.54) is 57.8 Å². The van der Waals surface area contributed by atoms with Gasteiger partial charge in [-0.3, -0.25) is 5.01 Å². The van der Waals surface area contributed by atoms with Crippen LogP contribution in [-0.2, 0) is 0 Å². The molecule has 0 aromatic heterocycles. The lowest BCUT2D eigenvalue weighted by Crippen LogP contribution is -2.54. The molecular weight excluding hydrogens is 200 g/mol. The third-order valence-corrected chi connectivity index (χ3v) is 5.12. The minimum absolute atomic E-state index is 0.491. The standard InChI is InChI=1S/C13H22N2O/c16-14-15-12-7-3-1-5-10(12)9-11-6-2-4-8-13(11)15/h10-13H,1-9H2/t10-,11-,12-,13-/m1/s1. The van der Waals surface area contributed by atoms with Gasteiger partial charge in [0.25, 0.3) is 0 Å². The Bertz CT molecular complexity index is 247. The number of nitrogens with zero attached hydrogens (tertiary/aromatic N) is 2. The van der Waals surface area contributed by atoms with E-state index in [0.29, 0.717) is 12.1 Å². The second kappa shape index (κ2) is 4.34. The summed E-state index contributed by atoms with van der Waals surface area (Å²) in [6.07, 6.45) is 11.8. The maximum atomic E-state index is 11.1. The molecular formula is C13H22N2O. The van der Waals surface area contributed by atoms with E-state index in [0.717, 1.165) is 11.8 Å². The van der Waals surface area contributed by atoms with Crippen molar-refractivity contribution in [2.75, 3.05) is 0 Å². The Morgan fingerprint density at radius 2 is 1.31 bits per heavy atom. The van der Waals surface area contributed by atoms with Crippen molar-refractivity contribution < 1.29 is 0 Å². The Labute approximate surface area is 97.5 Å². The summed E-state index contributed by atoms with van der Waals surface area (Å²) >= 11 is 0. The SMILES string of the molecule is O=NN1[C@@H]2CCCC[C@@H]2C[C@H]2CCCC[C@H]21. The van der Waals surface area contributed by atoms with Crippen molar-refractivity contribution in [3.63, 3.8) is 0 Å². The Kier molecular flexibility index (Phi) is 2.86. The third kappa shape index (κ3) is 1.64. The molecule has 0 amide bonds. The van der Waals surface area contributed by atoms with Crippen LogP contribution in [0.5, 0.6) is 0 Å². The number of fused-ring (bicyclic) bond motifs is 2. The Morgan fingerprint density at radius 3 is 1.81 bits per heavy atom.